The second kappa shape index (κ2) is 4.98. The van der Waals surface area contributed by atoms with Gasteiger partial charge in [-0.1, -0.05) is 6.07 Å². The first-order chi connectivity index (χ1) is 7.44. The number of aryl methyl sites for hydroxylation is 1. The molecule has 3 N–H and O–H groups in total. The van der Waals surface area contributed by atoms with E-state index < -0.39 is 24.9 Å². The summed E-state index contributed by atoms with van der Waals surface area (Å²) in [5.74, 6) is -3.71. The van der Waals surface area contributed by atoms with Crippen molar-refractivity contribution in [1.29, 1.82) is 0 Å². The summed E-state index contributed by atoms with van der Waals surface area (Å²) in [6.45, 7) is 0.137. The Morgan fingerprint density at radius 1 is 1.56 bits per heavy atom. The van der Waals surface area contributed by atoms with Crippen LogP contribution in [0.3, 0.4) is 0 Å². The molecule has 0 bridgehead atoms. The van der Waals surface area contributed by atoms with Gasteiger partial charge < -0.3 is 11.1 Å². The highest BCUT2D eigenvalue weighted by Gasteiger charge is 2.27. The van der Waals surface area contributed by atoms with Gasteiger partial charge in [-0.05, 0) is 19.1 Å². The predicted molar refractivity (Wildman–Crippen MR) is 55.3 cm³/mol. The molecule has 0 aliphatic carbocycles. The molecular weight excluding hydrogens is 216 g/mol. The molecule has 0 spiro atoms. The zero-order valence-corrected chi connectivity index (χ0v) is 8.84. The Hall–Kier alpha value is -1.56. The molecule has 0 aliphatic heterocycles. The van der Waals surface area contributed by atoms with E-state index in [1.807, 2.05) is 0 Å². The average molecular weight is 229 g/mol. The number of carbonyl (C=O) groups is 1. The number of rotatable bonds is 4. The van der Waals surface area contributed by atoms with Crippen LogP contribution < -0.4 is 11.1 Å². The molecule has 1 aromatic rings. The Morgan fingerprint density at radius 3 is 2.81 bits per heavy atom. The molecule has 6 heteroatoms. The summed E-state index contributed by atoms with van der Waals surface area (Å²) in [7, 11) is 0. The van der Waals surface area contributed by atoms with Crippen molar-refractivity contribution in [2.75, 3.05) is 13.1 Å². The van der Waals surface area contributed by atoms with E-state index in [9.17, 15) is 13.6 Å². The SMILES string of the molecule is Cc1cccc(C(=O)NCC(F)(F)CN)n1. The van der Waals surface area contributed by atoms with E-state index in [1.54, 1.807) is 19.1 Å². The molecule has 0 atom stereocenters. The Morgan fingerprint density at radius 2 is 2.25 bits per heavy atom. The third-order valence-electron chi connectivity index (χ3n) is 1.93. The monoisotopic (exact) mass is 229 g/mol. The first kappa shape index (κ1) is 12.5. The molecule has 1 rings (SSSR count). The van der Waals surface area contributed by atoms with Crippen LogP contribution in [0.1, 0.15) is 16.2 Å². The quantitative estimate of drug-likeness (QED) is 0.799. The highest BCUT2D eigenvalue weighted by molar-refractivity contribution is 5.92. The third-order valence-corrected chi connectivity index (χ3v) is 1.93. The number of aromatic nitrogens is 1. The van der Waals surface area contributed by atoms with E-state index in [0.717, 1.165) is 0 Å². The van der Waals surface area contributed by atoms with Crippen LogP contribution in [0, 0.1) is 6.92 Å². The number of pyridine rings is 1. The van der Waals surface area contributed by atoms with Gasteiger partial charge >= 0.3 is 0 Å². The van der Waals surface area contributed by atoms with Gasteiger partial charge in [-0.2, -0.15) is 0 Å². The first-order valence-corrected chi connectivity index (χ1v) is 4.74. The van der Waals surface area contributed by atoms with Gasteiger partial charge in [-0.15, -0.1) is 0 Å². The molecule has 0 aromatic carbocycles. The van der Waals surface area contributed by atoms with Crippen LogP contribution in [0.5, 0.6) is 0 Å². The summed E-state index contributed by atoms with van der Waals surface area (Å²) in [6, 6.07) is 4.81. The Kier molecular flexibility index (Phi) is 3.89. The van der Waals surface area contributed by atoms with Crippen molar-refractivity contribution in [3.63, 3.8) is 0 Å². The summed E-state index contributed by atoms with van der Waals surface area (Å²) in [5, 5.41) is 2.09. The number of nitrogens with two attached hydrogens (primary N) is 1. The van der Waals surface area contributed by atoms with Crippen molar-refractivity contribution in [1.82, 2.24) is 10.3 Å². The Bertz CT molecular complexity index is 382. The molecule has 0 unspecified atom stereocenters. The lowest BCUT2D eigenvalue weighted by Crippen LogP contribution is -2.41. The highest BCUT2D eigenvalue weighted by Crippen LogP contribution is 2.09. The Labute approximate surface area is 91.9 Å². The standard InChI is InChI=1S/C10H13F2N3O/c1-7-3-2-4-8(15-7)9(16)14-6-10(11,12)5-13/h2-4H,5-6,13H2,1H3,(H,14,16). The van der Waals surface area contributed by atoms with E-state index >= 15 is 0 Å². The minimum absolute atomic E-state index is 0.118. The van der Waals surface area contributed by atoms with Crippen molar-refractivity contribution in [2.45, 2.75) is 12.8 Å². The highest BCUT2D eigenvalue weighted by atomic mass is 19.3. The maximum Gasteiger partial charge on any atom is 0.277 e. The fourth-order valence-electron chi connectivity index (χ4n) is 1.04. The van der Waals surface area contributed by atoms with Crippen molar-refractivity contribution >= 4 is 5.91 Å². The molecular formula is C10H13F2N3O. The fraction of sp³-hybridized carbons (Fsp3) is 0.400. The van der Waals surface area contributed by atoms with Crippen LogP contribution in [0.15, 0.2) is 18.2 Å². The van der Waals surface area contributed by atoms with E-state index in [4.69, 9.17) is 5.73 Å². The van der Waals surface area contributed by atoms with Gasteiger partial charge in [0, 0.05) is 5.69 Å². The minimum Gasteiger partial charge on any atom is -0.345 e. The van der Waals surface area contributed by atoms with E-state index in [-0.39, 0.29) is 5.69 Å². The molecule has 16 heavy (non-hydrogen) atoms. The average Bonchev–Trinajstić information content (AvgIpc) is 2.26. The van der Waals surface area contributed by atoms with Crippen LogP contribution in [-0.4, -0.2) is 29.9 Å². The zero-order chi connectivity index (χ0) is 12.2. The number of hydrogen-bond donors (Lipinski definition) is 2. The third kappa shape index (κ3) is 3.54. The molecule has 1 amide bonds. The number of hydrogen-bond acceptors (Lipinski definition) is 3. The number of nitrogens with zero attached hydrogens (tertiary/aromatic N) is 1. The summed E-state index contributed by atoms with van der Waals surface area (Å²) in [4.78, 5) is 15.3. The number of nitrogens with one attached hydrogen (secondary N) is 1. The van der Waals surface area contributed by atoms with Gasteiger partial charge in [0.25, 0.3) is 11.8 Å². The first-order valence-electron chi connectivity index (χ1n) is 4.74. The second-order valence-electron chi connectivity index (χ2n) is 3.41. The van der Waals surface area contributed by atoms with Gasteiger partial charge in [0.15, 0.2) is 0 Å². The molecule has 0 saturated carbocycles. The second-order valence-corrected chi connectivity index (χ2v) is 3.41. The molecule has 1 heterocycles. The lowest BCUT2D eigenvalue weighted by molar-refractivity contribution is 0.0118. The van der Waals surface area contributed by atoms with Crippen LogP contribution in [0.25, 0.3) is 0 Å². The van der Waals surface area contributed by atoms with Gasteiger partial charge in [0.05, 0.1) is 13.1 Å². The number of halogens is 2. The van der Waals surface area contributed by atoms with Gasteiger partial charge in [0.1, 0.15) is 5.69 Å². The lowest BCUT2D eigenvalue weighted by atomic mass is 10.3. The molecule has 4 nitrogen and oxygen atoms in total. The van der Waals surface area contributed by atoms with Crippen molar-refractivity contribution in [3.05, 3.63) is 29.6 Å². The van der Waals surface area contributed by atoms with E-state index in [0.29, 0.717) is 5.69 Å². The van der Waals surface area contributed by atoms with Crippen molar-refractivity contribution < 1.29 is 13.6 Å². The maximum atomic E-state index is 12.7. The van der Waals surface area contributed by atoms with Crippen molar-refractivity contribution in [3.8, 4) is 0 Å². The van der Waals surface area contributed by atoms with Crippen molar-refractivity contribution in [2.24, 2.45) is 5.73 Å². The Balaban J connectivity index is 2.60. The van der Waals surface area contributed by atoms with Crippen LogP contribution in [0.2, 0.25) is 0 Å². The van der Waals surface area contributed by atoms with E-state index in [2.05, 4.69) is 10.3 Å². The van der Waals surface area contributed by atoms with E-state index in [1.165, 1.54) is 6.07 Å². The number of carbonyl (C=O) groups excluding carboxylic acids is 1. The molecule has 0 aliphatic rings. The molecule has 88 valence electrons. The van der Waals surface area contributed by atoms with Gasteiger partial charge in [0.2, 0.25) is 0 Å². The maximum absolute atomic E-state index is 12.7. The molecule has 0 radical (unpaired) electrons. The normalized spacial score (nSPS) is 11.2. The summed E-state index contributed by atoms with van der Waals surface area (Å²) in [5.41, 5.74) is 5.61. The summed E-state index contributed by atoms with van der Waals surface area (Å²) in [6.07, 6.45) is 0. The minimum atomic E-state index is -3.08. The zero-order valence-electron chi connectivity index (χ0n) is 8.84. The molecule has 0 fully saturated rings. The summed E-state index contributed by atoms with van der Waals surface area (Å²) < 4.78 is 25.5. The predicted octanol–water partition coefficient (Wildman–Crippen LogP) is 0.714. The van der Waals surface area contributed by atoms with Gasteiger partial charge in [-0.3, -0.25) is 4.79 Å². The molecule has 1 aromatic heterocycles. The fourth-order valence-corrected chi connectivity index (χ4v) is 1.04. The van der Waals surface area contributed by atoms with Gasteiger partial charge in [-0.25, -0.2) is 13.8 Å². The van der Waals surface area contributed by atoms with Crippen LogP contribution in [-0.2, 0) is 0 Å². The number of alkyl halides is 2. The van der Waals surface area contributed by atoms with Crippen LogP contribution in [0.4, 0.5) is 8.78 Å². The number of amides is 1. The summed E-state index contributed by atoms with van der Waals surface area (Å²) >= 11 is 0. The smallest absolute Gasteiger partial charge is 0.277 e. The largest absolute Gasteiger partial charge is 0.345 e. The lowest BCUT2D eigenvalue weighted by Gasteiger charge is -2.14. The van der Waals surface area contributed by atoms with Crippen LogP contribution >= 0.6 is 0 Å². The topological polar surface area (TPSA) is 68.0 Å². The molecule has 0 saturated heterocycles.